The van der Waals surface area contributed by atoms with E-state index in [-0.39, 0.29) is 11.9 Å². The van der Waals surface area contributed by atoms with E-state index in [2.05, 4.69) is 17.0 Å². The summed E-state index contributed by atoms with van der Waals surface area (Å²) < 4.78 is 11.0. The van der Waals surface area contributed by atoms with Crippen LogP contribution in [0.3, 0.4) is 0 Å². The van der Waals surface area contributed by atoms with Crippen molar-refractivity contribution in [3.8, 4) is 11.1 Å². The van der Waals surface area contributed by atoms with Gasteiger partial charge in [0, 0.05) is 19.6 Å². The number of esters is 1. The van der Waals surface area contributed by atoms with E-state index in [0.717, 1.165) is 55.1 Å². The normalized spacial score (nSPS) is 17.3. The quantitative estimate of drug-likeness (QED) is 0.811. The average molecular weight is 323 g/mol. The highest BCUT2D eigenvalue weighted by Gasteiger charge is 2.34. The Labute approximate surface area is 142 Å². The molecule has 0 N–H and O–H groups in total. The van der Waals surface area contributed by atoms with Crippen molar-refractivity contribution in [2.45, 2.75) is 5.92 Å². The lowest BCUT2D eigenvalue weighted by molar-refractivity contribution is -0.145. The van der Waals surface area contributed by atoms with E-state index < -0.39 is 0 Å². The van der Waals surface area contributed by atoms with Crippen LogP contribution in [-0.4, -0.2) is 50.3 Å². The molecule has 2 aromatic rings. The molecule has 0 unspecified atom stereocenters. The number of ether oxygens (including phenoxy) is 2. The predicted molar refractivity (Wildman–Crippen MR) is 91.9 cm³/mol. The van der Waals surface area contributed by atoms with Crippen LogP contribution in [0.4, 0.5) is 0 Å². The van der Waals surface area contributed by atoms with Gasteiger partial charge >= 0.3 is 5.97 Å². The third-order valence-corrected chi connectivity index (χ3v) is 4.83. The fourth-order valence-corrected chi connectivity index (χ4v) is 3.59. The number of carbonyl (C=O) groups excluding carboxylic acids is 1. The first-order chi connectivity index (χ1) is 11.8. The lowest BCUT2D eigenvalue weighted by atomic mass is 9.97. The van der Waals surface area contributed by atoms with E-state index in [4.69, 9.17) is 9.47 Å². The van der Waals surface area contributed by atoms with Crippen molar-refractivity contribution in [1.29, 1.82) is 0 Å². The standard InChI is InChI=1S/C20H21NO3/c22-20(24-14-11-21-9-12-23-13-10-21)19-17-7-3-1-5-15(17)16-6-2-4-8-18(16)19/h1-8,19H,9-14H2. The molecule has 0 bridgehead atoms. The molecule has 2 aromatic carbocycles. The maximum absolute atomic E-state index is 12.7. The summed E-state index contributed by atoms with van der Waals surface area (Å²) in [4.78, 5) is 15.0. The molecule has 4 rings (SSSR count). The van der Waals surface area contributed by atoms with Gasteiger partial charge in [-0.15, -0.1) is 0 Å². The summed E-state index contributed by atoms with van der Waals surface area (Å²) in [6.07, 6.45) is 0. The molecule has 0 aromatic heterocycles. The Bertz CT molecular complexity index is 692. The lowest BCUT2D eigenvalue weighted by Gasteiger charge is -2.26. The minimum Gasteiger partial charge on any atom is -0.464 e. The number of benzene rings is 2. The van der Waals surface area contributed by atoms with Gasteiger partial charge in [-0.2, -0.15) is 0 Å². The minimum atomic E-state index is -0.304. The summed E-state index contributed by atoms with van der Waals surface area (Å²) in [6, 6.07) is 16.2. The molecule has 1 aliphatic heterocycles. The second-order valence-corrected chi connectivity index (χ2v) is 6.23. The van der Waals surface area contributed by atoms with Crippen LogP contribution in [0.15, 0.2) is 48.5 Å². The molecule has 4 heteroatoms. The first-order valence-electron chi connectivity index (χ1n) is 8.49. The van der Waals surface area contributed by atoms with Crippen LogP contribution in [0.25, 0.3) is 11.1 Å². The van der Waals surface area contributed by atoms with Crippen LogP contribution in [0.1, 0.15) is 17.0 Å². The topological polar surface area (TPSA) is 38.8 Å². The Balaban J connectivity index is 1.48. The molecule has 4 nitrogen and oxygen atoms in total. The summed E-state index contributed by atoms with van der Waals surface area (Å²) in [7, 11) is 0. The van der Waals surface area contributed by atoms with Crippen molar-refractivity contribution in [3.63, 3.8) is 0 Å². The molecule has 2 aliphatic rings. The van der Waals surface area contributed by atoms with Crippen LogP contribution in [0.2, 0.25) is 0 Å². The molecule has 0 radical (unpaired) electrons. The second kappa shape index (κ2) is 6.75. The zero-order chi connectivity index (χ0) is 16.4. The van der Waals surface area contributed by atoms with Crippen LogP contribution < -0.4 is 0 Å². The summed E-state index contributed by atoms with van der Waals surface area (Å²) in [5, 5.41) is 0. The number of fused-ring (bicyclic) bond motifs is 3. The molecule has 1 saturated heterocycles. The smallest absolute Gasteiger partial charge is 0.318 e. The van der Waals surface area contributed by atoms with Crippen LogP contribution in [0.5, 0.6) is 0 Å². The zero-order valence-electron chi connectivity index (χ0n) is 13.6. The highest BCUT2D eigenvalue weighted by atomic mass is 16.5. The maximum Gasteiger partial charge on any atom is 0.318 e. The fourth-order valence-electron chi connectivity index (χ4n) is 3.59. The molecule has 0 spiro atoms. The van der Waals surface area contributed by atoms with Crippen molar-refractivity contribution < 1.29 is 14.3 Å². The molecule has 1 heterocycles. The van der Waals surface area contributed by atoms with Gasteiger partial charge in [-0.1, -0.05) is 48.5 Å². The molecular weight excluding hydrogens is 302 g/mol. The van der Waals surface area contributed by atoms with E-state index in [9.17, 15) is 4.79 Å². The SMILES string of the molecule is O=C(OCCN1CCOCC1)C1c2ccccc2-c2ccccc21. The van der Waals surface area contributed by atoms with E-state index in [1.807, 2.05) is 36.4 Å². The van der Waals surface area contributed by atoms with Gasteiger partial charge in [-0.25, -0.2) is 0 Å². The average Bonchev–Trinajstić information content (AvgIpc) is 2.97. The van der Waals surface area contributed by atoms with Gasteiger partial charge in [0.1, 0.15) is 12.5 Å². The number of rotatable bonds is 4. The molecule has 0 amide bonds. The van der Waals surface area contributed by atoms with Crippen molar-refractivity contribution >= 4 is 5.97 Å². The number of nitrogens with zero attached hydrogens (tertiary/aromatic N) is 1. The fraction of sp³-hybridized carbons (Fsp3) is 0.350. The monoisotopic (exact) mass is 323 g/mol. The second-order valence-electron chi connectivity index (χ2n) is 6.23. The van der Waals surface area contributed by atoms with E-state index in [1.54, 1.807) is 0 Å². The molecule has 0 atom stereocenters. The number of hydrogen-bond acceptors (Lipinski definition) is 4. The molecule has 1 aliphatic carbocycles. The molecule has 24 heavy (non-hydrogen) atoms. The minimum absolute atomic E-state index is 0.152. The van der Waals surface area contributed by atoms with Gasteiger partial charge in [-0.3, -0.25) is 9.69 Å². The van der Waals surface area contributed by atoms with Gasteiger partial charge in [0.05, 0.1) is 13.2 Å². The van der Waals surface area contributed by atoms with E-state index in [0.29, 0.717) is 6.61 Å². The predicted octanol–water partition coefficient (Wildman–Crippen LogP) is 2.67. The van der Waals surface area contributed by atoms with Gasteiger partial charge in [0.2, 0.25) is 0 Å². The molecule has 1 fully saturated rings. The van der Waals surface area contributed by atoms with Crippen LogP contribution in [0, 0.1) is 0 Å². The van der Waals surface area contributed by atoms with Gasteiger partial charge in [0.15, 0.2) is 0 Å². The van der Waals surface area contributed by atoms with Crippen molar-refractivity contribution in [3.05, 3.63) is 59.7 Å². The van der Waals surface area contributed by atoms with E-state index >= 15 is 0 Å². The van der Waals surface area contributed by atoms with Gasteiger partial charge in [-0.05, 0) is 22.3 Å². The zero-order valence-corrected chi connectivity index (χ0v) is 13.6. The highest BCUT2D eigenvalue weighted by Crippen LogP contribution is 2.44. The van der Waals surface area contributed by atoms with E-state index in [1.165, 1.54) is 0 Å². The number of carbonyl (C=O) groups is 1. The largest absolute Gasteiger partial charge is 0.464 e. The highest BCUT2D eigenvalue weighted by molar-refractivity contribution is 5.93. The number of hydrogen-bond donors (Lipinski definition) is 0. The van der Waals surface area contributed by atoms with Crippen molar-refractivity contribution in [1.82, 2.24) is 4.90 Å². The summed E-state index contributed by atoms with van der Waals surface area (Å²) in [6.45, 7) is 4.54. The van der Waals surface area contributed by atoms with Crippen LogP contribution in [-0.2, 0) is 14.3 Å². The Morgan fingerprint density at radius 2 is 1.58 bits per heavy atom. The Morgan fingerprint density at radius 3 is 2.21 bits per heavy atom. The summed E-state index contributed by atoms with van der Waals surface area (Å²) in [5.74, 6) is -0.456. The Morgan fingerprint density at radius 1 is 1.00 bits per heavy atom. The maximum atomic E-state index is 12.7. The summed E-state index contributed by atoms with van der Waals surface area (Å²) in [5.41, 5.74) is 4.39. The van der Waals surface area contributed by atoms with Crippen LogP contribution >= 0.6 is 0 Å². The van der Waals surface area contributed by atoms with Crippen molar-refractivity contribution in [2.24, 2.45) is 0 Å². The summed E-state index contributed by atoms with van der Waals surface area (Å²) >= 11 is 0. The Kier molecular flexibility index (Phi) is 4.32. The van der Waals surface area contributed by atoms with Crippen molar-refractivity contribution in [2.75, 3.05) is 39.5 Å². The third kappa shape index (κ3) is 2.83. The Hall–Kier alpha value is -2.17. The first-order valence-corrected chi connectivity index (χ1v) is 8.49. The third-order valence-electron chi connectivity index (χ3n) is 4.83. The van der Waals surface area contributed by atoms with Gasteiger partial charge in [0.25, 0.3) is 0 Å². The molecule has 0 saturated carbocycles. The lowest BCUT2D eigenvalue weighted by Crippen LogP contribution is -2.38. The molecular formula is C20H21NO3. The first kappa shape index (κ1) is 15.4. The number of morpholine rings is 1. The van der Waals surface area contributed by atoms with Gasteiger partial charge < -0.3 is 9.47 Å². The molecule has 124 valence electrons.